The number of hydrogen-bond donors (Lipinski definition) is 1. The van der Waals surface area contributed by atoms with Crippen LogP contribution in [0.15, 0.2) is 36.8 Å². The number of likely N-dealkylation sites (tertiary alicyclic amines) is 1. The molecule has 2 saturated heterocycles. The summed E-state index contributed by atoms with van der Waals surface area (Å²) in [6.07, 6.45) is 9.68. The number of aromatic nitrogens is 3. The Morgan fingerprint density at radius 2 is 2.37 bits per heavy atom. The van der Waals surface area contributed by atoms with Gasteiger partial charge in [0.2, 0.25) is 11.8 Å². The zero-order valence-electron chi connectivity index (χ0n) is 15.0. The van der Waals surface area contributed by atoms with E-state index in [1.54, 1.807) is 23.0 Å². The van der Waals surface area contributed by atoms with E-state index in [1.807, 2.05) is 30.2 Å². The average Bonchev–Trinajstić information content (AvgIpc) is 3.40. The fourth-order valence-electron chi connectivity index (χ4n) is 4.64. The van der Waals surface area contributed by atoms with Gasteiger partial charge in [-0.1, -0.05) is 19.1 Å². The molecule has 0 radical (unpaired) electrons. The normalized spacial score (nSPS) is 31.1. The zero-order chi connectivity index (χ0) is 18.6. The van der Waals surface area contributed by atoms with Crippen molar-refractivity contribution in [2.45, 2.75) is 31.6 Å². The van der Waals surface area contributed by atoms with Crippen LogP contribution in [0.2, 0.25) is 0 Å². The van der Waals surface area contributed by atoms with Crippen LogP contribution in [0.25, 0.3) is 5.65 Å². The van der Waals surface area contributed by atoms with Gasteiger partial charge in [0, 0.05) is 31.0 Å². The van der Waals surface area contributed by atoms with Gasteiger partial charge >= 0.3 is 0 Å². The molecule has 2 fully saturated rings. The summed E-state index contributed by atoms with van der Waals surface area (Å²) < 4.78 is 7.78. The highest BCUT2D eigenvalue weighted by molar-refractivity contribution is 5.93. The van der Waals surface area contributed by atoms with Gasteiger partial charge in [0.1, 0.15) is 5.60 Å². The number of ether oxygens (including phenoxy) is 1. The number of nitrogens with one attached hydrogen (secondary N) is 1. The molecule has 27 heavy (non-hydrogen) atoms. The van der Waals surface area contributed by atoms with Crippen LogP contribution in [0.4, 0.5) is 0 Å². The highest BCUT2D eigenvalue weighted by Crippen LogP contribution is 2.51. The van der Waals surface area contributed by atoms with Gasteiger partial charge in [-0.15, -0.1) is 0 Å². The molecule has 1 spiro atoms. The summed E-state index contributed by atoms with van der Waals surface area (Å²) in [6, 6.07) is 1.80. The molecular weight excluding hydrogens is 346 g/mol. The van der Waals surface area contributed by atoms with Crippen molar-refractivity contribution in [2.75, 3.05) is 13.1 Å². The number of hydrogen-bond acceptors (Lipinski definition) is 5. The molecule has 3 aliphatic heterocycles. The maximum absolute atomic E-state index is 13.0. The van der Waals surface area contributed by atoms with Crippen molar-refractivity contribution in [3.05, 3.63) is 42.4 Å². The lowest BCUT2D eigenvalue weighted by Gasteiger charge is -2.23. The Balaban J connectivity index is 1.35. The smallest absolute Gasteiger partial charge is 0.230 e. The molecule has 2 aromatic heterocycles. The standard InChI is InChI=1S/C19H21N5O3/c1-2-7-23-11-19-5-4-13(27-19)14(15(19)18(23)26)17(25)21-9-12-10-22-24-8-3-6-20-16(12)24/h3-6,8,10,13-15H,2,7,9,11H2,1H3,(H,21,25)/t13-,14-,15+,19-/m0/s1. The summed E-state index contributed by atoms with van der Waals surface area (Å²) in [5, 5.41) is 7.20. The Labute approximate surface area is 156 Å². The van der Waals surface area contributed by atoms with Gasteiger partial charge in [0.25, 0.3) is 0 Å². The summed E-state index contributed by atoms with van der Waals surface area (Å²) >= 11 is 0. The van der Waals surface area contributed by atoms with Gasteiger partial charge in [-0.05, 0) is 12.5 Å². The lowest BCUT2D eigenvalue weighted by atomic mass is 9.77. The van der Waals surface area contributed by atoms with E-state index in [0.717, 1.165) is 12.0 Å². The van der Waals surface area contributed by atoms with Crippen LogP contribution in [0, 0.1) is 11.8 Å². The predicted molar refractivity (Wildman–Crippen MR) is 95.4 cm³/mol. The minimum absolute atomic E-state index is 0.0292. The Morgan fingerprint density at radius 1 is 1.48 bits per heavy atom. The van der Waals surface area contributed by atoms with Gasteiger partial charge in [0.05, 0.1) is 30.7 Å². The Morgan fingerprint density at radius 3 is 3.22 bits per heavy atom. The van der Waals surface area contributed by atoms with Crippen LogP contribution in [0.3, 0.4) is 0 Å². The van der Waals surface area contributed by atoms with E-state index >= 15 is 0 Å². The highest BCUT2D eigenvalue weighted by Gasteiger charge is 2.66. The molecule has 1 N–H and O–H groups in total. The molecule has 8 heteroatoms. The van der Waals surface area contributed by atoms with Crippen molar-refractivity contribution in [3.8, 4) is 0 Å². The maximum Gasteiger partial charge on any atom is 0.230 e. The van der Waals surface area contributed by atoms with Crippen LogP contribution < -0.4 is 5.32 Å². The fraction of sp³-hybridized carbons (Fsp3) is 0.474. The second-order valence-electron chi connectivity index (χ2n) is 7.44. The van der Waals surface area contributed by atoms with Crippen molar-refractivity contribution in [3.63, 3.8) is 0 Å². The van der Waals surface area contributed by atoms with Crippen molar-refractivity contribution in [2.24, 2.45) is 11.8 Å². The Bertz CT molecular complexity index is 954. The molecule has 0 unspecified atom stereocenters. The molecule has 2 aromatic rings. The van der Waals surface area contributed by atoms with Gasteiger partial charge in [-0.3, -0.25) is 9.59 Å². The SMILES string of the molecule is CCCN1C[C@]23C=C[C@H](O2)[C@H](C(=O)NCc2cnn4cccnc24)[C@@H]3C1=O. The van der Waals surface area contributed by atoms with E-state index in [4.69, 9.17) is 4.74 Å². The van der Waals surface area contributed by atoms with Crippen molar-refractivity contribution >= 4 is 17.5 Å². The number of rotatable bonds is 5. The predicted octanol–water partition coefficient (Wildman–Crippen LogP) is 0.537. The quantitative estimate of drug-likeness (QED) is 0.779. The first-order valence-corrected chi connectivity index (χ1v) is 9.34. The highest BCUT2D eigenvalue weighted by atomic mass is 16.5. The van der Waals surface area contributed by atoms with Crippen LogP contribution in [-0.4, -0.2) is 56.1 Å². The molecule has 2 bridgehead atoms. The summed E-state index contributed by atoms with van der Waals surface area (Å²) in [5.74, 6) is -1.04. The molecule has 5 rings (SSSR count). The van der Waals surface area contributed by atoms with Gasteiger partial charge in [-0.25, -0.2) is 9.50 Å². The van der Waals surface area contributed by atoms with Crippen molar-refractivity contribution in [1.29, 1.82) is 0 Å². The van der Waals surface area contributed by atoms with Crippen LogP contribution in [0.1, 0.15) is 18.9 Å². The van der Waals surface area contributed by atoms with E-state index in [0.29, 0.717) is 25.3 Å². The first kappa shape index (κ1) is 16.4. The monoisotopic (exact) mass is 367 g/mol. The minimum Gasteiger partial charge on any atom is -0.360 e. The summed E-state index contributed by atoms with van der Waals surface area (Å²) in [4.78, 5) is 32.0. The second kappa shape index (κ2) is 5.88. The lowest BCUT2D eigenvalue weighted by molar-refractivity contribution is -0.137. The second-order valence-corrected chi connectivity index (χ2v) is 7.44. The van der Waals surface area contributed by atoms with Gasteiger partial charge in [-0.2, -0.15) is 5.10 Å². The van der Waals surface area contributed by atoms with Crippen LogP contribution in [0.5, 0.6) is 0 Å². The van der Waals surface area contributed by atoms with E-state index < -0.39 is 17.4 Å². The first-order valence-electron chi connectivity index (χ1n) is 9.34. The third kappa shape index (κ3) is 2.32. The lowest BCUT2D eigenvalue weighted by Crippen LogP contribution is -2.44. The average molecular weight is 367 g/mol. The first-order chi connectivity index (χ1) is 13.1. The topological polar surface area (TPSA) is 88.8 Å². The van der Waals surface area contributed by atoms with Crippen LogP contribution in [-0.2, 0) is 20.9 Å². The summed E-state index contributed by atoms with van der Waals surface area (Å²) in [7, 11) is 0. The molecule has 8 nitrogen and oxygen atoms in total. The van der Waals surface area contributed by atoms with E-state index in [-0.39, 0.29) is 17.9 Å². The molecule has 3 aliphatic rings. The fourth-order valence-corrected chi connectivity index (χ4v) is 4.64. The molecule has 5 heterocycles. The molecular formula is C19H21N5O3. The number of nitrogens with zero attached hydrogens (tertiary/aromatic N) is 4. The molecule has 2 amide bonds. The van der Waals surface area contributed by atoms with Crippen molar-refractivity contribution < 1.29 is 14.3 Å². The maximum atomic E-state index is 13.0. The zero-order valence-corrected chi connectivity index (χ0v) is 15.0. The summed E-state index contributed by atoms with van der Waals surface area (Å²) in [6.45, 7) is 3.60. The molecule has 4 atom stereocenters. The Hall–Kier alpha value is -2.74. The minimum atomic E-state index is -0.634. The third-order valence-electron chi connectivity index (χ3n) is 5.78. The third-order valence-corrected chi connectivity index (χ3v) is 5.78. The number of amides is 2. The molecule has 0 aromatic carbocycles. The van der Waals surface area contributed by atoms with Gasteiger partial charge < -0.3 is 15.0 Å². The molecule has 0 saturated carbocycles. The number of carbonyl (C=O) groups excluding carboxylic acids is 2. The largest absolute Gasteiger partial charge is 0.360 e. The van der Waals surface area contributed by atoms with E-state index in [2.05, 4.69) is 15.4 Å². The van der Waals surface area contributed by atoms with Gasteiger partial charge in [0.15, 0.2) is 5.65 Å². The number of carbonyl (C=O) groups is 2. The summed E-state index contributed by atoms with van der Waals surface area (Å²) in [5.41, 5.74) is 0.915. The van der Waals surface area contributed by atoms with E-state index in [1.165, 1.54) is 0 Å². The van der Waals surface area contributed by atoms with E-state index in [9.17, 15) is 9.59 Å². The van der Waals surface area contributed by atoms with Crippen LogP contribution >= 0.6 is 0 Å². The molecule has 140 valence electrons. The van der Waals surface area contributed by atoms with Crippen molar-refractivity contribution in [1.82, 2.24) is 24.8 Å². The Kier molecular flexibility index (Phi) is 3.58. The number of fused-ring (bicyclic) bond motifs is 2. The molecule has 0 aliphatic carbocycles.